The number of piperidine rings is 1. The van der Waals surface area contributed by atoms with Gasteiger partial charge in [0.2, 0.25) is 5.91 Å². The number of morpholine rings is 1. The maximum atomic E-state index is 13.0. The Balaban J connectivity index is 1.45. The van der Waals surface area contributed by atoms with Crippen molar-refractivity contribution in [3.8, 4) is 0 Å². The number of hydrogen-bond donors (Lipinski definition) is 0. The van der Waals surface area contributed by atoms with Gasteiger partial charge in [0.15, 0.2) is 0 Å². The fourth-order valence-corrected chi connectivity index (χ4v) is 4.12. The molecule has 2 fully saturated rings. The molecule has 2 saturated heterocycles. The number of nitrogens with zero attached hydrogens (tertiary/aromatic N) is 3. The molecule has 1 unspecified atom stereocenters. The molecule has 0 spiro atoms. The van der Waals surface area contributed by atoms with Crippen LogP contribution in [-0.2, 0) is 16.1 Å². The average molecular weight is 341 g/mol. The van der Waals surface area contributed by atoms with E-state index in [9.17, 15) is 4.79 Å². The molecule has 134 valence electrons. The number of amides is 1. The number of benzene rings is 1. The van der Waals surface area contributed by atoms with Crippen LogP contribution in [0.25, 0.3) is 10.9 Å². The highest BCUT2D eigenvalue weighted by atomic mass is 16.5. The van der Waals surface area contributed by atoms with Gasteiger partial charge >= 0.3 is 0 Å². The Morgan fingerprint density at radius 3 is 2.80 bits per heavy atom. The second-order valence-electron chi connectivity index (χ2n) is 7.15. The molecule has 2 aromatic rings. The van der Waals surface area contributed by atoms with Gasteiger partial charge < -0.3 is 14.2 Å². The maximum Gasteiger partial charge on any atom is 0.242 e. The Labute approximate surface area is 149 Å². The first kappa shape index (κ1) is 16.6. The van der Waals surface area contributed by atoms with Gasteiger partial charge in [-0.1, -0.05) is 18.2 Å². The van der Waals surface area contributed by atoms with Crippen LogP contribution in [0.4, 0.5) is 0 Å². The van der Waals surface area contributed by atoms with Crippen LogP contribution in [-0.4, -0.2) is 65.7 Å². The van der Waals surface area contributed by atoms with Crippen LogP contribution in [0.15, 0.2) is 36.5 Å². The van der Waals surface area contributed by atoms with Crippen LogP contribution < -0.4 is 0 Å². The quantitative estimate of drug-likeness (QED) is 0.857. The molecule has 1 amide bonds. The van der Waals surface area contributed by atoms with Gasteiger partial charge in [-0.05, 0) is 36.8 Å². The summed E-state index contributed by atoms with van der Waals surface area (Å²) < 4.78 is 7.53. The van der Waals surface area contributed by atoms with E-state index in [1.807, 2.05) is 18.3 Å². The van der Waals surface area contributed by atoms with Gasteiger partial charge in [0.1, 0.15) is 6.54 Å². The molecule has 0 N–H and O–H groups in total. The highest BCUT2D eigenvalue weighted by molar-refractivity contribution is 5.83. The molecule has 1 aromatic heterocycles. The number of carbonyl (C=O) groups is 1. The topological polar surface area (TPSA) is 37.7 Å². The number of aromatic nitrogens is 1. The van der Waals surface area contributed by atoms with E-state index in [-0.39, 0.29) is 5.91 Å². The predicted octanol–water partition coefficient (Wildman–Crippen LogP) is 2.35. The van der Waals surface area contributed by atoms with Crippen LogP contribution >= 0.6 is 0 Å². The van der Waals surface area contributed by atoms with Crippen LogP contribution in [0, 0.1) is 0 Å². The molecule has 1 atom stereocenters. The molecule has 0 bridgehead atoms. The first-order chi connectivity index (χ1) is 12.3. The second-order valence-corrected chi connectivity index (χ2v) is 7.15. The van der Waals surface area contributed by atoms with Crippen molar-refractivity contribution in [1.82, 2.24) is 14.4 Å². The minimum atomic E-state index is 0.249. The highest BCUT2D eigenvalue weighted by Gasteiger charge is 2.28. The van der Waals surface area contributed by atoms with Crippen molar-refractivity contribution in [2.45, 2.75) is 31.8 Å². The summed E-state index contributed by atoms with van der Waals surface area (Å²) >= 11 is 0. The lowest BCUT2D eigenvalue weighted by Gasteiger charge is -2.39. The van der Waals surface area contributed by atoms with Gasteiger partial charge in [0.25, 0.3) is 0 Å². The third-order valence-electron chi connectivity index (χ3n) is 5.51. The van der Waals surface area contributed by atoms with E-state index < -0.39 is 0 Å². The zero-order valence-corrected chi connectivity index (χ0v) is 14.8. The number of rotatable bonds is 4. The van der Waals surface area contributed by atoms with E-state index in [0.717, 1.165) is 57.8 Å². The summed E-state index contributed by atoms with van der Waals surface area (Å²) in [4.78, 5) is 17.6. The molecule has 0 saturated carbocycles. The van der Waals surface area contributed by atoms with Crippen molar-refractivity contribution in [3.63, 3.8) is 0 Å². The summed E-state index contributed by atoms with van der Waals surface area (Å²) in [5.41, 5.74) is 1.14. The average Bonchev–Trinajstić information content (AvgIpc) is 3.06. The highest BCUT2D eigenvalue weighted by Crippen LogP contribution is 2.21. The predicted molar refractivity (Wildman–Crippen MR) is 98.5 cm³/mol. The molecule has 5 heteroatoms. The smallest absolute Gasteiger partial charge is 0.242 e. The lowest BCUT2D eigenvalue weighted by molar-refractivity contribution is -0.136. The number of carbonyl (C=O) groups excluding carboxylic acids is 1. The van der Waals surface area contributed by atoms with Gasteiger partial charge in [0.05, 0.1) is 13.2 Å². The second kappa shape index (κ2) is 7.58. The van der Waals surface area contributed by atoms with Crippen molar-refractivity contribution in [2.75, 3.05) is 39.4 Å². The van der Waals surface area contributed by atoms with Gasteiger partial charge in [-0.25, -0.2) is 0 Å². The van der Waals surface area contributed by atoms with E-state index in [1.165, 1.54) is 11.8 Å². The molecule has 3 heterocycles. The standard InChI is InChI=1S/C20H27N3O2/c24-20(16-22-10-8-17-5-1-2-7-19(17)22)23-9-4-3-6-18(23)15-21-11-13-25-14-12-21/h1-2,5,7-8,10,18H,3-4,6,9,11-16H2. The number of fused-ring (bicyclic) bond motifs is 1. The number of hydrogen-bond acceptors (Lipinski definition) is 3. The van der Waals surface area contributed by atoms with E-state index in [1.54, 1.807) is 0 Å². The largest absolute Gasteiger partial charge is 0.379 e. The zero-order valence-electron chi connectivity index (χ0n) is 14.8. The van der Waals surface area contributed by atoms with Crippen LogP contribution in [0.1, 0.15) is 19.3 Å². The molecule has 1 aromatic carbocycles. The Morgan fingerprint density at radius 2 is 1.92 bits per heavy atom. The Hall–Kier alpha value is -1.85. The van der Waals surface area contributed by atoms with Crippen molar-refractivity contribution in [1.29, 1.82) is 0 Å². The molecule has 25 heavy (non-hydrogen) atoms. The van der Waals surface area contributed by atoms with Gasteiger partial charge in [0, 0.05) is 43.9 Å². The molecular formula is C20H27N3O2. The fraction of sp³-hybridized carbons (Fsp3) is 0.550. The van der Waals surface area contributed by atoms with E-state index >= 15 is 0 Å². The summed E-state index contributed by atoms with van der Waals surface area (Å²) in [6, 6.07) is 10.7. The van der Waals surface area contributed by atoms with Crippen molar-refractivity contribution < 1.29 is 9.53 Å². The first-order valence-corrected chi connectivity index (χ1v) is 9.45. The first-order valence-electron chi connectivity index (χ1n) is 9.45. The van der Waals surface area contributed by atoms with Gasteiger partial charge in [-0.15, -0.1) is 0 Å². The number of ether oxygens (including phenoxy) is 1. The van der Waals surface area contributed by atoms with Gasteiger partial charge in [-0.2, -0.15) is 0 Å². The Bertz CT molecular complexity index is 721. The van der Waals surface area contributed by atoms with Crippen molar-refractivity contribution in [2.24, 2.45) is 0 Å². The van der Waals surface area contributed by atoms with E-state index in [2.05, 4.69) is 32.6 Å². The van der Waals surface area contributed by atoms with Crippen LogP contribution in [0.5, 0.6) is 0 Å². The molecule has 2 aliphatic rings. The summed E-state index contributed by atoms with van der Waals surface area (Å²) in [5, 5.41) is 1.19. The summed E-state index contributed by atoms with van der Waals surface area (Å²) in [6.45, 7) is 5.93. The minimum absolute atomic E-state index is 0.249. The molecular weight excluding hydrogens is 314 g/mol. The SMILES string of the molecule is O=C(Cn1ccc2ccccc21)N1CCCCC1CN1CCOCC1. The third-order valence-corrected chi connectivity index (χ3v) is 5.51. The molecule has 2 aliphatic heterocycles. The normalized spacial score (nSPS) is 22.4. The third kappa shape index (κ3) is 3.72. The summed E-state index contributed by atoms with van der Waals surface area (Å²) in [6.07, 6.45) is 5.50. The van der Waals surface area contributed by atoms with E-state index in [4.69, 9.17) is 4.74 Å². The van der Waals surface area contributed by atoms with Crippen molar-refractivity contribution >= 4 is 16.8 Å². The molecule has 5 nitrogen and oxygen atoms in total. The minimum Gasteiger partial charge on any atom is -0.379 e. The lowest BCUT2D eigenvalue weighted by atomic mass is 10.0. The van der Waals surface area contributed by atoms with Crippen molar-refractivity contribution in [3.05, 3.63) is 36.5 Å². The molecule has 4 rings (SSSR count). The lowest BCUT2D eigenvalue weighted by Crippen LogP contribution is -2.52. The Kier molecular flexibility index (Phi) is 5.04. The monoisotopic (exact) mass is 341 g/mol. The number of likely N-dealkylation sites (tertiary alicyclic amines) is 1. The molecule has 0 radical (unpaired) electrons. The summed E-state index contributed by atoms with van der Waals surface area (Å²) in [5.74, 6) is 0.249. The van der Waals surface area contributed by atoms with Crippen LogP contribution in [0.2, 0.25) is 0 Å². The molecule has 0 aliphatic carbocycles. The zero-order chi connectivity index (χ0) is 17.1. The Morgan fingerprint density at radius 1 is 1.08 bits per heavy atom. The van der Waals surface area contributed by atoms with Gasteiger partial charge in [-0.3, -0.25) is 9.69 Å². The van der Waals surface area contributed by atoms with Crippen LogP contribution in [0.3, 0.4) is 0 Å². The maximum absolute atomic E-state index is 13.0. The fourth-order valence-electron chi connectivity index (χ4n) is 4.12. The van der Waals surface area contributed by atoms with E-state index in [0.29, 0.717) is 12.6 Å². The number of para-hydroxylation sites is 1. The summed E-state index contributed by atoms with van der Waals surface area (Å²) in [7, 11) is 0.